The van der Waals surface area contributed by atoms with Crippen LogP contribution in [0.15, 0.2) is 53.9 Å². The lowest BCUT2D eigenvalue weighted by Gasteiger charge is -2.34. The van der Waals surface area contributed by atoms with E-state index in [0.717, 1.165) is 17.1 Å². The van der Waals surface area contributed by atoms with Gasteiger partial charge in [0.05, 0.1) is 0 Å². The van der Waals surface area contributed by atoms with Gasteiger partial charge in [0.25, 0.3) is 5.91 Å². The summed E-state index contributed by atoms with van der Waals surface area (Å²) >= 11 is 1.05. The summed E-state index contributed by atoms with van der Waals surface area (Å²) in [4.78, 5) is 28.4. The number of rotatable bonds is 7. The van der Waals surface area contributed by atoms with Crippen LogP contribution in [0, 0.1) is 12.7 Å². The van der Waals surface area contributed by atoms with Gasteiger partial charge in [-0.25, -0.2) is 4.39 Å². The van der Waals surface area contributed by atoms with Gasteiger partial charge in [-0.2, -0.15) is 0 Å². The summed E-state index contributed by atoms with van der Waals surface area (Å²) in [5.74, 6) is -1.26. The van der Waals surface area contributed by atoms with E-state index in [1.807, 2.05) is 52.0 Å². The van der Waals surface area contributed by atoms with E-state index in [2.05, 4.69) is 14.9 Å². The fraction of sp³-hybridized carbons (Fsp3) is 0.304. The van der Waals surface area contributed by atoms with Crippen molar-refractivity contribution >= 4 is 29.0 Å². The van der Waals surface area contributed by atoms with Crippen molar-refractivity contribution in [2.45, 2.75) is 45.7 Å². The number of carbonyl (C=O) groups is 2. The van der Waals surface area contributed by atoms with Crippen LogP contribution >= 0.6 is 11.5 Å². The van der Waals surface area contributed by atoms with E-state index in [-0.39, 0.29) is 11.6 Å². The molecule has 0 saturated carbocycles. The molecule has 0 unspecified atom stereocenters. The summed E-state index contributed by atoms with van der Waals surface area (Å²) in [6.07, 6.45) is 0.708. The zero-order chi connectivity index (χ0) is 22.6. The number of amides is 2. The SMILES string of the molecule is CCC(C)(C)NC(=O)[C@H](c1ccc(C)cc1)N(C(=O)c1csnn1)c1ccc(F)cc1. The fourth-order valence-corrected chi connectivity index (χ4v) is 3.45. The third-order valence-electron chi connectivity index (χ3n) is 5.15. The molecule has 1 N–H and O–H groups in total. The standard InChI is InChI=1S/C23H25FN4O2S/c1-5-23(3,4)25-21(29)20(16-8-6-15(2)7-9-16)28(18-12-10-17(24)11-13-18)22(30)19-14-31-27-26-19/h6-14,20H,5H2,1-4H3,(H,25,29)/t20-/m0/s1. The molecule has 1 heterocycles. The van der Waals surface area contributed by atoms with Crippen molar-refractivity contribution in [1.29, 1.82) is 0 Å². The topological polar surface area (TPSA) is 75.2 Å². The molecule has 0 bridgehead atoms. The molecule has 0 saturated heterocycles. The van der Waals surface area contributed by atoms with Gasteiger partial charge in [-0.3, -0.25) is 14.5 Å². The smallest absolute Gasteiger partial charge is 0.280 e. The minimum Gasteiger partial charge on any atom is -0.349 e. The summed E-state index contributed by atoms with van der Waals surface area (Å²) in [5.41, 5.74) is 1.69. The lowest BCUT2D eigenvalue weighted by molar-refractivity contribution is -0.124. The van der Waals surface area contributed by atoms with Gasteiger partial charge in [-0.1, -0.05) is 41.2 Å². The van der Waals surface area contributed by atoms with Crippen molar-refractivity contribution < 1.29 is 14.0 Å². The monoisotopic (exact) mass is 440 g/mol. The lowest BCUT2D eigenvalue weighted by Crippen LogP contribution is -2.50. The predicted molar refractivity (Wildman–Crippen MR) is 120 cm³/mol. The number of nitrogens with zero attached hydrogens (tertiary/aromatic N) is 3. The van der Waals surface area contributed by atoms with Crippen LogP contribution in [0.5, 0.6) is 0 Å². The first-order valence-electron chi connectivity index (χ1n) is 9.96. The molecule has 1 atom stereocenters. The van der Waals surface area contributed by atoms with Gasteiger partial charge in [0.15, 0.2) is 5.69 Å². The molecule has 0 radical (unpaired) electrons. The van der Waals surface area contributed by atoms with E-state index in [1.165, 1.54) is 34.5 Å². The average Bonchev–Trinajstić information content (AvgIpc) is 3.28. The summed E-state index contributed by atoms with van der Waals surface area (Å²) in [7, 11) is 0. The molecule has 0 aliphatic rings. The Bertz CT molecular complexity index is 1030. The van der Waals surface area contributed by atoms with Crippen LogP contribution < -0.4 is 10.2 Å². The number of anilines is 1. The fourth-order valence-electron chi connectivity index (χ4n) is 3.02. The number of carbonyl (C=O) groups excluding carboxylic acids is 2. The molecule has 2 aromatic carbocycles. The summed E-state index contributed by atoms with van der Waals surface area (Å²) in [6.45, 7) is 7.77. The van der Waals surface area contributed by atoms with Crippen LogP contribution in [0.3, 0.4) is 0 Å². The maximum absolute atomic E-state index is 13.6. The zero-order valence-electron chi connectivity index (χ0n) is 17.9. The Morgan fingerprint density at radius 2 is 1.77 bits per heavy atom. The molecule has 1 aromatic heterocycles. The molecule has 0 aliphatic carbocycles. The number of aromatic nitrogens is 2. The highest BCUT2D eigenvalue weighted by molar-refractivity contribution is 7.03. The van der Waals surface area contributed by atoms with E-state index in [4.69, 9.17) is 0 Å². The Kier molecular flexibility index (Phi) is 6.80. The zero-order valence-corrected chi connectivity index (χ0v) is 18.7. The van der Waals surface area contributed by atoms with Gasteiger partial charge in [-0.15, -0.1) is 5.10 Å². The lowest BCUT2D eigenvalue weighted by atomic mass is 9.97. The largest absolute Gasteiger partial charge is 0.349 e. The van der Waals surface area contributed by atoms with Gasteiger partial charge in [0.2, 0.25) is 5.91 Å². The van der Waals surface area contributed by atoms with Crippen LogP contribution in [-0.2, 0) is 4.79 Å². The molecule has 162 valence electrons. The molecule has 6 nitrogen and oxygen atoms in total. The summed E-state index contributed by atoms with van der Waals surface area (Å²) in [5, 5.41) is 8.46. The number of hydrogen-bond acceptors (Lipinski definition) is 5. The molecular weight excluding hydrogens is 415 g/mol. The van der Waals surface area contributed by atoms with E-state index in [0.29, 0.717) is 17.7 Å². The Balaban J connectivity index is 2.15. The van der Waals surface area contributed by atoms with Gasteiger partial charge in [0.1, 0.15) is 11.9 Å². The van der Waals surface area contributed by atoms with Crippen LogP contribution in [0.25, 0.3) is 0 Å². The number of halogens is 1. The highest BCUT2D eigenvalue weighted by atomic mass is 32.1. The molecule has 2 amide bonds. The summed E-state index contributed by atoms with van der Waals surface area (Å²) < 4.78 is 17.4. The van der Waals surface area contributed by atoms with E-state index < -0.39 is 23.3 Å². The number of hydrogen-bond donors (Lipinski definition) is 1. The third-order valence-corrected chi connectivity index (χ3v) is 5.65. The van der Waals surface area contributed by atoms with Crippen molar-refractivity contribution in [3.8, 4) is 0 Å². The predicted octanol–water partition coefficient (Wildman–Crippen LogP) is 4.68. The second-order valence-corrected chi connectivity index (χ2v) is 8.59. The van der Waals surface area contributed by atoms with Gasteiger partial charge in [0, 0.05) is 16.6 Å². The van der Waals surface area contributed by atoms with E-state index >= 15 is 0 Å². The van der Waals surface area contributed by atoms with Crippen molar-refractivity contribution in [3.05, 3.63) is 76.5 Å². The number of aryl methyl sites for hydroxylation is 1. The first kappa shape index (κ1) is 22.6. The molecule has 0 aliphatic heterocycles. The van der Waals surface area contributed by atoms with Crippen molar-refractivity contribution in [2.75, 3.05) is 4.90 Å². The first-order valence-corrected chi connectivity index (χ1v) is 10.8. The third kappa shape index (κ3) is 5.32. The molecule has 31 heavy (non-hydrogen) atoms. The molecule has 3 aromatic rings. The normalized spacial score (nSPS) is 12.3. The van der Waals surface area contributed by atoms with E-state index in [1.54, 1.807) is 0 Å². The first-order chi connectivity index (χ1) is 14.7. The Hall–Kier alpha value is -3.13. The van der Waals surface area contributed by atoms with Gasteiger partial charge in [-0.05, 0) is 68.6 Å². The van der Waals surface area contributed by atoms with Gasteiger partial charge >= 0.3 is 0 Å². The Morgan fingerprint density at radius 1 is 1.13 bits per heavy atom. The molecule has 8 heteroatoms. The maximum atomic E-state index is 13.6. The molecule has 0 spiro atoms. The molecule has 0 fully saturated rings. The maximum Gasteiger partial charge on any atom is 0.280 e. The Morgan fingerprint density at radius 3 is 2.32 bits per heavy atom. The van der Waals surface area contributed by atoms with E-state index in [9.17, 15) is 14.0 Å². The summed E-state index contributed by atoms with van der Waals surface area (Å²) in [6, 6.07) is 11.9. The van der Waals surface area contributed by atoms with Crippen molar-refractivity contribution in [2.24, 2.45) is 0 Å². The molecule has 3 rings (SSSR count). The minimum atomic E-state index is -0.980. The van der Waals surface area contributed by atoms with Crippen LogP contribution in [0.4, 0.5) is 10.1 Å². The van der Waals surface area contributed by atoms with Crippen LogP contribution in [0.2, 0.25) is 0 Å². The molecular formula is C23H25FN4O2S. The number of nitrogens with one attached hydrogen (secondary N) is 1. The minimum absolute atomic E-state index is 0.119. The van der Waals surface area contributed by atoms with Crippen molar-refractivity contribution in [3.63, 3.8) is 0 Å². The van der Waals surface area contributed by atoms with Gasteiger partial charge < -0.3 is 5.32 Å². The highest BCUT2D eigenvalue weighted by Crippen LogP contribution is 2.31. The van der Waals surface area contributed by atoms with Crippen molar-refractivity contribution in [1.82, 2.24) is 14.9 Å². The van der Waals surface area contributed by atoms with Crippen LogP contribution in [-0.4, -0.2) is 26.9 Å². The van der Waals surface area contributed by atoms with Crippen LogP contribution in [0.1, 0.15) is 54.8 Å². The highest BCUT2D eigenvalue weighted by Gasteiger charge is 2.36. The Labute approximate surface area is 185 Å². The second-order valence-electron chi connectivity index (χ2n) is 7.98. The quantitative estimate of drug-likeness (QED) is 0.579. The second kappa shape index (κ2) is 9.34. The number of benzene rings is 2. The average molecular weight is 441 g/mol.